The Morgan fingerprint density at radius 1 is 1.42 bits per heavy atom. The number of aliphatic hydroxyl groups excluding tert-OH is 1. The number of nitrogens with two attached hydrogens (primary N) is 1. The minimum atomic E-state index is -4.32. The first-order valence-electron chi connectivity index (χ1n) is 5.17. The third kappa shape index (κ3) is 3.60. The number of aliphatic hydroxyl groups is 2. The molecule has 0 amide bonds. The summed E-state index contributed by atoms with van der Waals surface area (Å²) in [4.78, 5) is -0.833. The van der Waals surface area contributed by atoms with E-state index in [1.54, 1.807) is 0 Å². The fourth-order valence-electron chi connectivity index (χ4n) is 1.14. The quantitative estimate of drug-likeness (QED) is 0.551. The van der Waals surface area contributed by atoms with Gasteiger partial charge in [-0.05, 0) is 19.1 Å². The normalized spacial score (nSPS) is 15.2. The summed E-state index contributed by atoms with van der Waals surface area (Å²) in [6, 6.07) is 1.44. The maximum absolute atomic E-state index is 13.6. The van der Waals surface area contributed by atoms with Gasteiger partial charge in [-0.25, -0.2) is 21.9 Å². The molecule has 0 fully saturated rings. The Hall–Kier alpha value is -1.29. The second-order valence-corrected chi connectivity index (χ2v) is 5.99. The van der Waals surface area contributed by atoms with Crippen molar-refractivity contribution in [3.63, 3.8) is 0 Å². The molecule has 0 heterocycles. The Kier molecular flexibility index (Phi) is 4.46. The van der Waals surface area contributed by atoms with E-state index in [9.17, 15) is 22.3 Å². The highest BCUT2D eigenvalue weighted by Gasteiger charge is 2.26. The first-order valence-corrected chi connectivity index (χ1v) is 6.65. The molecule has 0 aliphatic heterocycles. The predicted molar refractivity (Wildman–Crippen MR) is 63.7 cm³/mol. The van der Waals surface area contributed by atoms with Gasteiger partial charge in [-0.15, -0.1) is 0 Å². The van der Waals surface area contributed by atoms with Gasteiger partial charge in [-0.1, -0.05) is 0 Å². The van der Waals surface area contributed by atoms with E-state index in [-0.39, 0.29) is 0 Å². The van der Waals surface area contributed by atoms with Crippen molar-refractivity contribution in [2.45, 2.75) is 17.4 Å². The first-order chi connectivity index (χ1) is 8.60. The molecule has 0 bridgehead atoms. The molecule has 0 saturated carbocycles. The van der Waals surface area contributed by atoms with Gasteiger partial charge < -0.3 is 15.9 Å². The van der Waals surface area contributed by atoms with Crippen LogP contribution in [0.3, 0.4) is 0 Å². The molecule has 1 atom stereocenters. The Morgan fingerprint density at radius 3 is 2.53 bits per heavy atom. The molecule has 9 heteroatoms. The molecule has 0 spiro atoms. The van der Waals surface area contributed by atoms with E-state index in [1.807, 2.05) is 4.72 Å². The number of hydrogen-bond donors (Lipinski definition) is 4. The molecule has 0 aliphatic carbocycles. The van der Waals surface area contributed by atoms with Gasteiger partial charge in [0.1, 0.15) is 16.4 Å². The summed E-state index contributed by atoms with van der Waals surface area (Å²) in [5, 5.41) is 18.2. The van der Waals surface area contributed by atoms with Crippen LogP contribution in [0.1, 0.15) is 6.92 Å². The van der Waals surface area contributed by atoms with Crippen LogP contribution in [0.25, 0.3) is 0 Å². The molecule has 1 rings (SSSR count). The van der Waals surface area contributed by atoms with Crippen LogP contribution in [0.5, 0.6) is 0 Å². The molecule has 5 N–H and O–H groups in total. The third-order valence-electron chi connectivity index (χ3n) is 2.36. The summed E-state index contributed by atoms with van der Waals surface area (Å²) >= 11 is 0. The van der Waals surface area contributed by atoms with Crippen LogP contribution in [0.2, 0.25) is 0 Å². The van der Waals surface area contributed by atoms with Gasteiger partial charge in [0, 0.05) is 6.54 Å². The smallest absolute Gasteiger partial charge is 0.243 e. The van der Waals surface area contributed by atoms with E-state index >= 15 is 0 Å². The predicted octanol–water partition coefficient (Wildman–Crippen LogP) is -0.431. The fraction of sp³-hybridized carbons (Fsp3) is 0.400. The number of nitrogens with one attached hydrogen (secondary N) is 1. The monoisotopic (exact) mass is 296 g/mol. The molecular formula is C10H14F2N2O4S. The lowest BCUT2D eigenvalue weighted by Crippen LogP contribution is -2.43. The van der Waals surface area contributed by atoms with Crippen molar-refractivity contribution in [2.75, 3.05) is 18.9 Å². The number of sulfonamides is 1. The summed E-state index contributed by atoms with van der Waals surface area (Å²) in [5.41, 5.74) is 2.45. The molecule has 0 aliphatic rings. The van der Waals surface area contributed by atoms with Crippen LogP contribution in [0.15, 0.2) is 17.0 Å². The molecular weight excluding hydrogens is 282 g/mol. The lowest BCUT2D eigenvalue weighted by molar-refractivity contribution is 0.00680. The van der Waals surface area contributed by atoms with Crippen molar-refractivity contribution in [3.8, 4) is 0 Å². The van der Waals surface area contributed by atoms with E-state index < -0.39 is 51.0 Å². The highest BCUT2D eigenvalue weighted by atomic mass is 32.2. The zero-order chi connectivity index (χ0) is 14.8. The second-order valence-electron chi connectivity index (χ2n) is 4.25. The summed E-state index contributed by atoms with van der Waals surface area (Å²) in [5.74, 6) is -2.48. The molecule has 108 valence electrons. The van der Waals surface area contributed by atoms with Crippen molar-refractivity contribution in [2.24, 2.45) is 0 Å². The van der Waals surface area contributed by atoms with E-state index in [1.165, 1.54) is 6.92 Å². The van der Waals surface area contributed by atoms with Crippen molar-refractivity contribution < 1.29 is 27.4 Å². The zero-order valence-corrected chi connectivity index (χ0v) is 10.8. The number of nitrogen functional groups attached to an aromatic ring is 1. The summed E-state index contributed by atoms with van der Waals surface area (Å²) in [6.45, 7) is -0.0446. The van der Waals surface area contributed by atoms with E-state index in [0.29, 0.717) is 0 Å². The van der Waals surface area contributed by atoms with Gasteiger partial charge in [0.05, 0.1) is 12.2 Å². The van der Waals surface area contributed by atoms with E-state index in [0.717, 1.165) is 12.1 Å². The van der Waals surface area contributed by atoms with Crippen LogP contribution in [-0.4, -0.2) is 37.4 Å². The summed E-state index contributed by atoms with van der Waals surface area (Å²) in [7, 11) is -4.32. The van der Waals surface area contributed by atoms with Crippen molar-refractivity contribution in [3.05, 3.63) is 23.8 Å². The highest BCUT2D eigenvalue weighted by molar-refractivity contribution is 7.89. The lowest BCUT2D eigenvalue weighted by atomic mass is 10.1. The van der Waals surface area contributed by atoms with Gasteiger partial charge in [-0.3, -0.25) is 0 Å². The van der Waals surface area contributed by atoms with Crippen LogP contribution in [0.4, 0.5) is 14.5 Å². The molecule has 1 aromatic carbocycles. The van der Waals surface area contributed by atoms with Crippen molar-refractivity contribution in [1.29, 1.82) is 0 Å². The maximum Gasteiger partial charge on any atom is 0.243 e. The number of rotatable bonds is 5. The number of halogens is 2. The van der Waals surface area contributed by atoms with Gasteiger partial charge in [0.15, 0.2) is 5.82 Å². The highest BCUT2D eigenvalue weighted by Crippen LogP contribution is 2.22. The Balaban J connectivity index is 3.06. The molecule has 0 saturated heterocycles. The summed E-state index contributed by atoms with van der Waals surface area (Å²) < 4.78 is 51.9. The molecule has 19 heavy (non-hydrogen) atoms. The van der Waals surface area contributed by atoms with Crippen molar-refractivity contribution >= 4 is 15.7 Å². The number of anilines is 1. The largest absolute Gasteiger partial charge is 0.394 e. The van der Waals surface area contributed by atoms with Crippen LogP contribution < -0.4 is 10.5 Å². The molecule has 1 aromatic rings. The number of hydrogen-bond acceptors (Lipinski definition) is 5. The minimum Gasteiger partial charge on any atom is -0.394 e. The van der Waals surface area contributed by atoms with Crippen LogP contribution >= 0.6 is 0 Å². The molecule has 1 unspecified atom stereocenters. The zero-order valence-electron chi connectivity index (χ0n) is 10.0. The van der Waals surface area contributed by atoms with Crippen LogP contribution in [-0.2, 0) is 10.0 Å². The molecule has 6 nitrogen and oxygen atoms in total. The van der Waals surface area contributed by atoms with Gasteiger partial charge >= 0.3 is 0 Å². The molecule has 0 radical (unpaired) electrons. The SMILES string of the molecule is CC(O)(CO)CNS(=O)(=O)c1ccc(F)c(N)c1F. The summed E-state index contributed by atoms with van der Waals surface area (Å²) in [6.07, 6.45) is 0. The van der Waals surface area contributed by atoms with Gasteiger partial charge in [-0.2, -0.15) is 0 Å². The average molecular weight is 296 g/mol. The maximum atomic E-state index is 13.6. The Morgan fingerprint density at radius 2 is 2.00 bits per heavy atom. The number of benzene rings is 1. The minimum absolute atomic E-state index is 0.539. The van der Waals surface area contributed by atoms with Crippen LogP contribution in [0, 0.1) is 11.6 Å². The standard InChI is InChI=1S/C10H14F2N2O4S/c1-10(16,5-15)4-14-19(17,18)7-3-2-6(11)9(13)8(7)12/h2-3,14-16H,4-5,13H2,1H3. The Labute approximate surface area is 108 Å². The Bertz CT molecular complexity index is 575. The topological polar surface area (TPSA) is 113 Å². The van der Waals surface area contributed by atoms with Gasteiger partial charge in [0.2, 0.25) is 10.0 Å². The lowest BCUT2D eigenvalue weighted by Gasteiger charge is -2.20. The second kappa shape index (κ2) is 5.37. The first kappa shape index (κ1) is 15.8. The van der Waals surface area contributed by atoms with Crippen molar-refractivity contribution in [1.82, 2.24) is 4.72 Å². The molecule has 0 aromatic heterocycles. The fourth-order valence-corrected chi connectivity index (χ4v) is 2.39. The van der Waals surface area contributed by atoms with E-state index in [2.05, 4.69) is 0 Å². The third-order valence-corrected chi connectivity index (χ3v) is 3.78. The van der Waals surface area contributed by atoms with E-state index in [4.69, 9.17) is 10.8 Å². The van der Waals surface area contributed by atoms with Gasteiger partial charge in [0.25, 0.3) is 0 Å². The average Bonchev–Trinajstić information content (AvgIpc) is 2.34.